The minimum Gasteiger partial charge on any atom is -0.366 e. The highest BCUT2D eigenvalue weighted by Gasteiger charge is 2.31. The Morgan fingerprint density at radius 3 is 2.48 bits per heavy atom. The van der Waals surface area contributed by atoms with Crippen LogP contribution < -0.4 is 4.90 Å². The molecular weight excluding hydrogens is 526 g/mol. The minimum atomic E-state index is -0.150. The third-order valence-corrected chi connectivity index (χ3v) is 8.12. The van der Waals surface area contributed by atoms with Gasteiger partial charge in [-0.05, 0) is 64.5 Å². The van der Waals surface area contributed by atoms with Crippen LogP contribution in [-0.2, 0) is 23.3 Å². The molecule has 2 aromatic heterocycles. The Balaban J connectivity index is 1.27. The highest BCUT2D eigenvalue weighted by Crippen LogP contribution is 2.33. The van der Waals surface area contributed by atoms with E-state index in [-0.39, 0.29) is 17.4 Å². The van der Waals surface area contributed by atoms with Crippen molar-refractivity contribution in [2.45, 2.75) is 46.2 Å². The van der Waals surface area contributed by atoms with E-state index in [2.05, 4.69) is 66.9 Å². The molecule has 222 valence electrons. The van der Waals surface area contributed by atoms with E-state index in [0.717, 1.165) is 65.3 Å². The fourth-order valence-corrected chi connectivity index (χ4v) is 5.80. The Bertz CT molecular complexity index is 1480. The molecule has 0 N–H and O–H groups in total. The second-order valence-electron chi connectivity index (χ2n) is 12.6. The van der Waals surface area contributed by atoms with Crippen molar-refractivity contribution in [3.05, 3.63) is 77.4 Å². The van der Waals surface area contributed by atoms with E-state index < -0.39 is 0 Å². The fraction of sp³-hybridized carbons (Fsp3) is 0.455. The van der Waals surface area contributed by atoms with Gasteiger partial charge in [0.2, 0.25) is 5.91 Å². The van der Waals surface area contributed by atoms with E-state index >= 15 is 0 Å². The highest BCUT2D eigenvalue weighted by molar-refractivity contribution is 5.96. The smallest absolute Gasteiger partial charge is 0.257 e. The Hall–Kier alpha value is -3.98. The first-order chi connectivity index (χ1) is 20.0. The van der Waals surface area contributed by atoms with Gasteiger partial charge in [0.1, 0.15) is 0 Å². The number of aryl methyl sites for hydroxylation is 1. The standard InChI is InChI=1S/C33H43N7O2/c1-24-20-25(9-10-26(24)23-39-15-12-29-28(32(39)42)21-35-40(29)33(2,3)4)27-11-13-34-22-30(27)37-16-18-38(19-17-37)31(41)8-7-14-36(5)6/h7-11,13,20-22H,12,14-19,23H2,1-6H3/b8-7+. The first kappa shape index (κ1) is 29.5. The van der Waals surface area contributed by atoms with E-state index in [9.17, 15) is 9.59 Å². The van der Waals surface area contributed by atoms with E-state index in [0.29, 0.717) is 26.2 Å². The van der Waals surface area contributed by atoms with Gasteiger partial charge in [-0.3, -0.25) is 19.3 Å². The van der Waals surface area contributed by atoms with E-state index in [1.165, 1.54) is 0 Å². The van der Waals surface area contributed by atoms with Crippen LogP contribution in [0.4, 0.5) is 5.69 Å². The Morgan fingerprint density at radius 1 is 1.02 bits per heavy atom. The lowest BCUT2D eigenvalue weighted by molar-refractivity contribution is -0.126. The summed E-state index contributed by atoms with van der Waals surface area (Å²) >= 11 is 0. The molecule has 0 unspecified atom stereocenters. The summed E-state index contributed by atoms with van der Waals surface area (Å²) in [6.45, 7) is 13.3. The number of pyridine rings is 1. The van der Waals surface area contributed by atoms with Crippen LogP contribution in [0.5, 0.6) is 0 Å². The van der Waals surface area contributed by atoms with E-state index in [1.807, 2.05) is 51.9 Å². The number of amides is 2. The zero-order valence-corrected chi connectivity index (χ0v) is 25.8. The predicted octanol–water partition coefficient (Wildman–Crippen LogP) is 3.97. The number of anilines is 1. The molecule has 2 aliphatic heterocycles. The summed E-state index contributed by atoms with van der Waals surface area (Å²) in [5, 5.41) is 4.54. The van der Waals surface area contributed by atoms with Crippen LogP contribution in [0.2, 0.25) is 0 Å². The summed E-state index contributed by atoms with van der Waals surface area (Å²) in [4.78, 5) is 38.6. The molecule has 0 aliphatic carbocycles. The summed E-state index contributed by atoms with van der Waals surface area (Å²) in [5.74, 6) is 0.123. The molecule has 4 heterocycles. The van der Waals surface area contributed by atoms with Crippen LogP contribution in [0.15, 0.2) is 55.0 Å². The van der Waals surface area contributed by atoms with Gasteiger partial charge in [-0.25, -0.2) is 0 Å². The molecule has 0 spiro atoms. The molecule has 5 rings (SSSR count). The number of rotatable bonds is 7. The molecule has 1 aromatic carbocycles. The number of nitrogens with zero attached hydrogens (tertiary/aromatic N) is 7. The average molecular weight is 570 g/mol. The van der Waals surface area contributed by atoms with Crippen molar-refractivity contribution in [3.8, 4) is 11.1 Å². The summed E-state index contributed by atoms with van der Waals surface area (Å²) in [7, 11) is 3.98. The average Bonchev–Trinajstić information content (AvgIpc) is 3.41. The molecule has 0 saturated carbocycles. The zero-order valence-electron chi connectivity index (χ0n) is 25.8. The van der Waals surface area contributed by atoms with Crippen molar-refractivity contribution in [2.24, 2.45) is 0 Å². The van der Waals surface area contributed by atoms with Gasteiger partial charge in [0.05, 0.1) is 34.9 Å². The monoisotopic (exact) mass is 569 g/mol. The number of fused-ring (bicyclic) bond motifs is 1. The van der Waals surface area contributed by atoms with Crippen LogP contribution in [0, 0.1) is 6.92 Å². The van der Waals surface area contributed by atoms with Crippen LogP contribution in [0.3, 0.4) is 0 Å². The molecule has 42 heavy (non-hydrogen) atoms. The molecular formula is C33H43N7O2. The molecule has 0 bridgehead atoms. The predicted molar refractivity (Wildman–Crippen MR) is 167 cm³/mol. The second kappa shape index (κ2) is 12.1. The van der Waals surface area contributed by atoms with Gasteiger partial charge in [0, 0.05) is 70.1 Å². The van der Waals surface area contributed by atoms with Gasteiger partial charge in [-0.1, -0.05) is 24.3 Å². The quantitative estimate of drug-likeness (QED) is 0.401. The number of hydrogen-bond donors (Lipinski definition) is 0. The maximum Gasteiger partial charge on any atom is 0.257 e. The summed E-state index contributed by atoms with van der Waals surface area (Å²) in [6.07, 6.45) is 9.90. The van der Waals surface area contributed by atoms with Crippen LogP contribution >= 0.6 is 0 Å². The van der Waals surface area contributed by atoms with Gasteiger partial charge >= 0.3 is 0 Å². The van der Waals surface area contributed by atoms with Gasteiger partial charge in [-0.2, -0.15) is 5.10 Å². The number of carbonyl (C=O) groups is 2. The molecule has 0 radical (unpaired) electrons. The molecule has 2 amide bonds. The SMILES string of the molecule is Cc1cc(-c2ccncc2N2CCN(C(=O)/C=C/CN(C)C)CC2)ccc1CN1CCc2c(cnn2C(C)(C)C)C1=O. The third kappa shape index (κ3) is 6.26. The first-order valence-electron chi connectivity index (χ1n) is 14.8. The van der Waals surface area contributed by atoms with Crippen LogP contribution in [-0.4, -0.2) is 94.6 Å². The minimum absolute atomic E-state index is 0.0532. The number of hydrogen-bond acceptors (Lipinski definition) is 6. The number of aromatic nitrogens is 3. The fourth-order valence-electron chi connectivity index (χ4n) is 5.80. The lowest BCUT2D eigenvalue weighted by Crippen LogP contribution is -2.48. The normalized spacial score (nSPS) is 16.1. The maximum absolute atomic E-state index is 13.4. The molecule has 3 aromatic rings. The van der Waals surface area contributed by atoms with Gasteiger partial charge in [0.25, 0.3) is 5.91 Å². The largest absolute Gasteiger partial charge is 0.366 e. The van der Waals surface area contributed by atoms with Crippen molar-refractivity contribution in [1.29, 1.82) is 0 Å². The number of piperazine rings is 1. The highest BCUT2D eigenvalue weighted by atomic mass is 16.2. The van der Waals surface area contributed by atoms with Crippen molar-refractivity contribution >= 4 is 17.5 Å². The van der Waals surface area contributed by atoms with Gasteiger partial charge in [-0.15, -0.1) is 0 Å². The molecule has 9 heteroatoms. The second-order valence-corrected chi connectivity index (χ2v) is 12.6. The van der Waals surface area contributed by atoms with Crippen LogP contribution in [0.1, 0.15) is 48.0 Å². The number of benzene rings is 1. The Kier molecular flexibility index (Phi) is 8.50. The molecule has 2 aliphatic rings. The number of carbonyl (C=O) groups excluding carboxylic acids is 2. The molecule has 1 saturated heterocycles. The molecule has 1 fully saturated rings. The lowest BCUT2D eigenvalue weighted by Gasteiger charge is -2.36. The topological polar surface area (TPSA) is 77.8 Å². The van der Waals surface area contributed by atoms with Gasteiger partial charge in [0.15, 0.2) is 0 Å². The summed E-state index contributed by atoms with van der Waals surface area (Å²) < 4.78 is 1.99. The van der Waals surface area contributed by atoms with Crippen molar-refractivity contribution in [1.82, 2.24) is 29.5 Å². The third-order valence-electron chi connectivity index (χ3n) is 8.12. The van der Waals surface area contributed by atoms with Crippen molar-refractivity contribution in [3.63, 3.8) is 0 Å². The lowest BCUT2D eigenvalue weighted by atomic mass is 9.97. The van der Waals surface area contributed by atoms with Gasteiger partial charge < -0.3 is 19.6 Å². The van der Waals surface area contributed by atoms with Crippen LogP contribution in [0.25, 0.3) is 11.1 Å². The Labute approximate surface area is 249 Å². The van der Waals surface area contributed by atoms with Crippen molar-refractivity contribution < 1.29 is 9.59 Å². The van der Waals surface area contributed by atoms with E-state index in [1.54, 1.807) is 12.3 Å². The number of likely N-dealkylation sites (N-methyl/N-ethyl adjacent to an activating group) is 1. The Morgan fingerprint density at radius 2 is 1.79 bits per heavy atom. The molecule has 9 nitrogen and oxygen atoms in total. The maximum atomic E-state index is 13.4. The molecule has 0 atom stereocenters. The zero-order chi connectivity index (χ0) is 30.0. The van der Waals surface area contributed by atoms with E-state index in [4.69, 9.17) is 0 Å². The summed E-state index contributed by atoms with van der Waals surface area (Å²) in [5.41, 5.74) is 7.22. The first-order valence-corrected chi connectivity index (χ1v) is 14.8. The van der Waals surface area contributed by atoms with Crippen molar-refractivity contribution in [2.75, 3.05) is 58.3 Å². The summed E-state index contributed by atoms with van der Waals surface area (Å²) in [6, 6.07) is 8.57.